The molecule has 0 bridgehead atoms. The molecule has 0 heterocycles. The second-order valence-corrected chi connectivity index (χ2v) is 15.5. The topological polar surface area (TPSA) is 122 Å². The molecule has 1 aromatic rings. The van der Waals surface area contributed by atoms with E-state index in [1.54, 1.807) is 35.2 Å². The third kappa shape index (κ3) is 11.8. The Kier molecular flexibility index (Phi) is 18.2. The second-order valence-electron chi connectivity index (χ2n) is 15.5. The van der Waals surface area contributed by atoms with E-state index in [9.17, 15) is 24.0 Å². The quantitative estimate of drug-likeness (QED) is 0.226. The van der Waals surface area contributed by atoms with Gasteiger partial charge in [-0.15, -0.1) is 0 Å². The van der Waals surface area contributed by atoms with Crippen LogP contribution in [0, 0.1) is 29.6 Å². The van der Waals surface area contributed by atoms with Gasteiger partial charge in [-0.1, -0.05) is 99.6 Å². The van der Waals surface area contributed by atoms with Gasteiger partial charge >= 0.3 is 0 Å². The fourth-order valence-electron chi connectivity index (χ4n) is 6.93. The number of likely N-dealkylation sites (N-methyl/N-ethyl adjacent to an activating group) is 5. The van der Waals surface area contributed by atoms with Gasteiger partial charge in [0, 0.05) is 34.7 Å². The van der Waals surface area contributed by atoms with Crippen molar-refractivity contribution < 1.29 is 24.0 Å². The zero-order valence-corrected chi connectivity index (χ0v) is 33.6. The Bertz CT molecular complexity index is 1250. The normalized spacial score (nSPS) is 14.7. The molecule has 0 saturated heterocycles. The SMILES string of the molecule is CNC(CC(C)C)C(=O)N(C)C(C(=O)N(C)C(C(=O)N(C)C(C(=O)N(C)C(C(=O)NCCc1ccccc1)C(C)C)C(C)C)C(C)C)C(C)C. The maximum absolute atomic E-state index is 14.4. The van der Waals surface area contributed by atoms with Gasteiger partial charge in [-0.25, -0.2) is 0 Å². The highest BCUT2D eigenvalue weighted by molar-refractivity contribution is 5.96. The molecule has 1 rings (SSSR count). The highest BCUT2D eigenvalue weighted by atomic mass is 16.2. The minimum Gasteiger partial charge on any atom is -0.354 e. The number of hydrogen-bond acceptors (Lipinski definition) is 6. The molecule has 0 spiro atoms. The largest absolute Gasteiger partial charge is 0.354 e. The van der Waals surface area contributed by atoms with Crippen molar-refractivity contribution in [3.8, 4) is 0 Å². The molecular weight excluding hydrogens is 632 g/mol. The number of carbonyl (C=O) groups is 5. The van der Waals surface area contributed by atoms with Crippen molar-refractivity contribution in [2.24, 2.45) is 29.6 Å². The number of hydrogen-bond donors (Lipinski definition) is 2. The van der Waals surface area contributed by atoms with Gasteiger partial charge in [0.05, 0.1) is 6.04 Å². The van der Waals surface area contributed by atoms with E-state index in [-0.39, 0.29) is 59.1 Å². The highest BCUT2D eigenvalue weighted by Crippen LogP contribution is 2.23. The first-order chi connectivity index (χ1) is 23.2. The van der Waals surface area contributed by atoms with Crippen LogP contribution in [0.5, 0.6) is 0 Å². The summed E-state index contributed by atoms with van der Waals surface area (Å²) in [6.45, 7) is 19.6. The molecular formula is C39H68N6O5. The third-order valence-electron chi connectivity index (χ3n) is 9.52. The van der Waals surface area contributed by atoms with E-state index in [2.05, 4.69) is 10.6 Å². The molecule has 2 N–H and O–H groups in total. The van der Waals surface area contributed by atoms with Crippen LogP contribution in [-0.4, -0.2) is 121 Å². The van der Waals surface area contributed by atoms with Gasteiger partial charge in [-0.3, -0.25) is 24.0 Å². The van der Waals surface area contributed by atoms with Crippen molar-refractivity contribution in [2.75, 3.05) is 41.8 Å². The molecule has 0 aliphatic carbocycles. The van der Waals surface area contributed by atoms with Gasteiger partial charge < -0.3 is 30.2 Å². The molecule has 0 aliphatic heterocycles. The smallest absolute Gasteiger partial charge is 0.246 e. The summed E-state index contributed by atoms with van der Waals surface area (Å²) in [5.74, 6) is -2.20. The van der Waals surface area contributed by atoms with Gasteiger partial charge in [0.25, 0.3) is 0 Å². The molecule has 11 nitrogen and oxygen atoms in total. The van der Waals surface area contributed by atoms with E-state index in [0.29, 0.717) is 19.4 Å². The summed E-state index contributed by atoms with van der Waals surface area (Å²) in [5.41, 5.74) is 1.10. The summed E-state index contributed by atoms with van der Waals surface area (Å²) in [7, 11) is 8.20. The van der Waals surface area contributed by atoms with Crippen LogP contribution < -0.4 is 10.6 Å². The highest BCUT2D eigenvalue weighted by Gasteiger charge is 2.43. The number of carbonyl (C=O) groups excluding carboxylic acids is 5. The molecule has 5 atom stereocenters. The maximum Gasteiger partial charge on any atom is 0.246 e. The van der Waals surface area contributed by atoms with Crippen LogP contribution in [0.1, 0.15) is 81.2 Å². The molecule has 5 amide bonds. The van der Waals surface area contributed by atoms with Crippen molar-refractivity contribution in [3.63, 3.8) is 0 Å². The Labute approximate surface area is 302 Å². The van der Waals surface area contributed by atoms with Crippen molar-refractivity contribution in [1.82, 2.24) is 30.2 Å². The van der Waals surface area contributed by atoms with Gasteiger partial charge in [-0.2, -0.15) is 0 Å². The predicted molar refractivity (Wildman–Crippen MR) is 201 cm³/mol. The predicted octanol–water partition coefficient (Wildman–Crippen LogP) is 3.91. The van der Waals surface area contributed by atoms with Crippen LogP contribution in [0.2, 0.25) is 0 Å². The molecule has 284 valence electrons. The minimum atomic E-state index is -0.894. The number of amides is 5. The monoisotopic (exact) mass is 701 g/mol. The van der Waals surface area contributed by atoms with Crippen LogP contribution in [0.15, 0.2) is 30.3 Å². The summed E-state index contributed by atoms with van der Waals surface area (Å²) in [5, 5.41) is 6.09. The average molecular weight is 701 g/mol. The number of nitrogens with zero attached hydrogens (tertiary/aromatic N) is 4. The first-order valence-corrected chi connectivity index (χ1v) is 18.3. The average Bonchev–Trinajstić information content (AvgIpc) is 3.02. The first kappa shape index (κ1) is 44.6. The van der Waals surface area contributed by atoms with E-state index in [4.69, 9.17) is 0 Å². The van der Waals surface area contributed by atoms with Gasteiger partial charge in [-0.05, 0) is 55.0 Å². The fourth-order valence-corrected chi connectivity index (χ4v) is 6.93. The van der Waals surface area contributed by atoms with Crippen molar-refractivity contribution in [2.45, 2.75) is 112 Å². The lowest BCUT2D eigenvalue weighted by Gasteiger charge is -2.42. The molecule has 1 aromatic carbocycles. The number of benzene rings is 1. The minimum absolute atomic E-state index is 0.177. The standard InChI is InChI=1S/C39H68N6O5/c1-24(2)23-30(40-11)36(47)43(13)32(26(5)6)38(49)45(15)34(28(9)10)39(50)44(14)33(27(7)8)37(48)42(12)31(25(3)4)35(46)41-22-21-29-19-17-16-18-20-29/h16-20,24-28,30-34,40H,21-23H2,1-15H3,(H,41,46). The van der Waals surface area contributed by atoms with E-state index >= 15 is 0 Å². The van der Waals surface area contributed by atoms with Crippen molar-refractivity contribution in [1.29, 1.82) is 0 Å². The van der Waals surface area contributed by atoms with E-state index < -0.39 is 30.2 Å². The Balaban J connectivity index is 3.31. The number of rotatable bonds is 19. The van der Waals surface area contributed by atoms with Crippen LogP contribution in [-0.2, 0) is 30.4 Å². The summed E-state index contributed by atoms with van der Waals surface area (Å²) >= 11 is 0. The third-order valence-corrected chi connectivity index (χ3v) is 9.52. The fraction of sp³-hybridized carbons (Fsp3) is 0.718. The first-order valence-electron chi connectivity index (χ1n) is 18.3. The molecule has 0 fully saturated rings. The van der Waals surface area contributed by atoms with Crippen LogP contribution in [0.4, 0.5) is 0 Å². The Morgan fingerprint density at radius 1 is 0.560 bits per heavy atom. The molecule has 0 aromatic heterocycles. The van der Waals surface area contributed by atoms with Crippen LogP contribution in [0.3, 0.4) is 0 Å². The van der Waals surface area contributed by atoms with E-state index in [1.807, 2.05) is 99.6 Å². The Morgan fingerprint density at radius 3 is 1.26 bits per heavy atom. The van der Waals surface area contributed by atoms with Gasteiger partial charge in [0.15, 0.2) is 0 Å². The Morgan fingerprint density at radius 2 is 0.920 bits per heavy atom. The molecule has 0 radical (unpaired) electrons. The van der Waals surface area contributed by atoms with Gasteiger partial charge in [0.1, 0.15) is 24.2 Å². The summed E-state index contributed by atoms with van der Waals surface area (Å²) in [6, 6.07) is 6.11. The maximum atomic E-state index is 14.4. The lowest BCUT2D eigenvalue weighted by Crippen LogP contribution is -2.62. The lowest BCUT2D eigenvalue weighted by molar-refractivity contribution is -0.157. The lowest BCUT2D eigenvalue weighted by atomic mass is 9.93. The van der Waals surface area contributed by atoms with E-state index in [0.717, 1.165) is 5.56 Å². The molecule has 11 heteroatoms. The second kappa shape index (κ2) is 20.4. The molecule has 0 aliphatic rings. The van der Waals surface area contributed by atoms with Crippen LogP contribution >= 0.6 is 0 Å². The molecule has 50 heavy (non-hydrogen) atoms. The summed E-state index contributed by atoms with van der Waals surface area (Å²) < 4.78 is 0. The van der Waals surface area contributed by atoms with Crippen molar-refractivity contribution in [3.05, 3.63) is 35.9 Å². The van der Waals surface area contributed by atoms with Gasteiger partial charge in [0.2, 0.25) is 29.5 Å². The Hall–Kier alpha value is -3.47. The van der Waals surface area contributed by atoms with Crippen LogP contribution in [0.25, 0.3) is 0 Å². The zero-order chi connectivity index (χ0) is 38.6. The van der Waals surface area contributed by atoms with E-state index in [1.165, 1.54) is 19.6 Å². The number of nitrogens with one attached hydrogen (secondary N) is 2. The van der Waals surface area contributed by atoms with Crippen molar-refractivity contribution >= 4 is 29.5 Å². The summed E-state index contributed by atoms with van der Waals surface area (Å²) in [6.07, 6.45) is 1.29. The molecule has 0 saturated carbocycles. The zero-order valence-electron chi connectivity index (χ0n) is 33.6. The summed E-state index contributed by atoms with van der Waals surface area (Å²) in [4.78, 5) is 75.7. The molecule has 5 unspecified atom stereocenters.